The van der Waals surface area contributed by atoms with Crippen molar-refractivity contribution >= 4 is 22.7 Å². The largest absolute Gasteiger partial charge is 0.493 e. The summed E-state index contributed by atoms with van der Waals surface area (Å²) >= 11 is 1.40. The molecule has 182 valence electrons. The molecule has 0 aliphatic carbocycles. The molecule has 0 aliphatic heterocycles. The Kier molecular flexibility index (Phi) is 6.99. The molecule has 0 fully saturated rings. The molecule has 5 aromatic rings. The lowest BCUT2D eigenvalue weighted by Gasteiger charge is -2.12. The van der Waals surface area contributed by atoms with Crippen LogP contribution in [0.5, 0.6) is 11.5 Å². The van der Waals surface area contributed by atoms with E-state index < -0.39 is 0 Å². The zero-order valence-electron chi connectivity index (χ0n) is 19.9. The minimum atomic E-state index is -0.0597. The molecule has 9 heteroatoms. The summed E-state index contributed by atoms with van der Waals surface area (Å²) in [5.41, 5.74) is 2.51. The van der Waals surface area contributed by atoms with Crippen molar-refractivity contribution < 1.29 is 14.0 Å². The van der Waals surface area contributed by atoms with Gasteiger partial charge in [0.05, 0.1) is 30.9 Å². The third kappa shape index (κ3) is 4.96. The highest BCUT2D eigenvalue weighted by Crippen LogP contribution is 2.31. The maximum absolute atomic E-state index is 13.3. The van der Waals surface area contributed by atoms with Gasteiger partial charge < -0.3 is 14.0 Å². The Hall–Kier alpha value is -4.11. The van der Waals surface area contributed by atoms with Crippen LogP contribution in [0.4, 0.5) is 0 Å². The number of aryl methyl sites for hydroxylation is 1. The van der Waals surface area contributed by atoms with E-state index >= 15 is 0 Å². The fraction of sp³-hybridized carbons (Fsp3) is 0.185. The Labute approximate surface area is 211 Å². The standard InChI is InChI=1S/C27H24N4O4S/c1-33-22-13-12-19(16-23(22)34-2)25-29-24(35-30-25)17-36-27-28-21-11-7-6-10-20(21)26(32)31(27)15-14-18-8-4-3-5-9-18/h3-13,16H,14-15,17H2,1-2H3. The van der Waals surface area contributed by atoms with Gasteiger partial charge in [-0.05, 0) is 42.3 Å². The van der Waals surface area contributed by atoms with Crippen LogP contribution in [-0.2, 0) is 18.7 Å². The van der Waals surface area contributed by atoms with Crippen molar-refractivity contribution in [2.24, 2.45) is 0 Å². The molecule has 8 nitrogen and oxygen atoms in total. The van der Waals surface area contributed by atoms with Gasteiger partial charge >= 0.3 is 0 Å². The van der Waals surface area contributed by atoms with Crippen LogP contribution in [0.2, 0.25) is 0 Å². The first-order valence-electron chi connectivity index (χ1n) is 11.4. The topological polar surface area (TPSA) is 92.3 Å². The number of aromatic nitrogens is 4. The number of methoxy groups -OCH3 is 2. The Morgan fingerprint density at radius 2 is 1.69 bits per heavy atom. The summed E-state index contributed by atoms with van der Waals surface area (Å²) in [6.07, 6.45) is 0.721. The van der Waals surface area contributed by atoms with E-state index in [2.05, 4.69) is 22.3 Å². The maximum Gasteiger partial charge on any atom is 0.262 e. The van der Waals surface area contributed by atoms with E-state index in [0.29, 0.717) is 51.6 Å². The van der Waals surface area contributed by atoms with Crippen molar-refractivity contribution in [2.75, 3.05) is 14.2 Å². The monoisotopic (exact) mass is 500 g/mol. The first-order valence-corrected chi connectivity index (χ1v) is 12.4. The van der Waals surface area contributed by atoms with Crippen LogP contribution in [0.15, 0.2) is 87.3 Å². The molecule has 2 aromatic heterocycles. The molecule has 0 unspecified atom stereocenters. The summed E-state index contributed by atoms with van der Waals surface area (Å²) in [7, 11) is 3.16. The van der Waals surface area contributed by atoms with Crippen LogP contribution in [-0.4, -0.2) is 33.9 Å². The molecule has 2 heterocycles. The molecule has 0 atom stereocenters. The normalized spacial score (nSPS) is 11.1. The van der Waals surface area contributed by atoms with Gasteiger partial charge in [0, 0.05) is 12.1 Å². The summed E-state index contributed by atoms with van der Waals surface area (Å²) in [5.74, 6) is 2.45. The van der Waals surface area contributed by atoms with E-state index in [9.17, 15) is 4.79 Å². The third-order valence-electron chi connectivity index (χ3n) is 5.73. The second kappa shape index (κ2) is 10.7. The van der Waals surface area contributed by atoms with E-state index in [1.165, 1.54) is 11.8 Å². The predicted molar refractivity (Wildman–Crippen MR) is 139 cm³/mol. The highest BCUT2D eigenvalue weighted by molar-refractivity contribution is 7.98. The van der Waals surface area contributed by atoms with Gasteiger partial charge in [0.15, 0.2) is 16.7 Å². The zero-order chi connectivity index (χ0) is 24.9. The van der Waals surface area contributed by atoms with Gasteiger partial charge in [0.25, 0.3) is 5.56 Å². The Bertz CT molecular complexity index is 1550. The molecule has 0 spiro atoms. The Balaban J connectivity index is 1.39. The Morgan fingerprint density at radius 3 is 2.50 bits per heavy atom. The number of nitrogens with zero attached hydrogens (tertiary/aromatic N) is 4. The third-order valence-corrected chi connectivity index (χ3v) is 6.69. The molecule has 0 saturated carbocycles. The van der Waals surface area contributed by atoms with Crippen molar-refractivity contribution in [3.05, 3.63) is 94.6 Å². The summed E-state index contributed by atoms with van der Waals surface area (Å²) in [5, 5.41) is 5.32. The predicted octanol–water partition coefficient (Wildman–Crippen LogP) is 5.00. The second-order valence-corrected chi connectivity index (χ2v) is 8.92. The average molecular weight is 501 g/mol. The second-order valence-electron chi connectivity index (χ2n) is 7.97. The van der Waals surface area contributed by atoms with Gasteiger partial charge in [-0.2, -0.15) is 4.98 Å². The summed E-state index contributed by atoms with van der Waals surface area (Å²) < 4.78 is 17.9. The minimum Gasteiger partial charge on any atom is -0.493 e. The number of fused-ring (bicyclic) bond motifs is 1. The first-order chi connectivity index (χ1) is 17.7. The van der Waals surface area contributed by atoms with Gasteiger partial charge in [0.2, 0.25) is 11.7 Å². The molecule has 0 radical (unpaired) electrons. The van der Waals surface area contributed by atoms with Crippen LogP contribution < -0.4 is 15.0 Å². The van der Waals surface area contributed by atoms with E-state index in [0.717, 1.165) is 17.5 Å². The summed E-state index contributed by atoms with van der Waals surface area (Å²) in [6, 6.07) is 22.9. The van der Waals surface area contributed by atoms with E-state index in [4.69, 9.17) is 19.0 Å². The fourth-order valence-electron chi connectivity index (χ4n) is 3.87. The van der Waals surface area contributed by atoms with E-state index in [-0.39, 0.29) is 5.56 Å². The number of rotatable bonds is 9. The van der Waals surface area contributed by atoms with E-state index in [1.807, 2.05) is 48.5 Å². The minimum absolute atomic E-state index is 0.0597. The molecule has 3 aromatic carbocycles. The van der Waals surface area contributed by atoms with Crippen molar-refractivity contribution in [3.8, 4) is 22.9 Å². The van der Waals surface area contributed by atoms with Crippen LogP contribution in [0.3, 0.4) is 0 Å². The van der Waals surface area contributed by atoms with Crippen molar-refractivity contribution in [2.45, 2.75) is 23.9 Å². The number of hydrogen-bond donors (Lipinski definition) is 0. The van der Waals surface area contributed by atoms with Crippen molar-refractivity contribution in [3.63, 3.8) is 0 Å². The van der Waals surface area contributed by atoms with Gasteiger partial charge in [-0.15, -0.1) is 0 Å². The quantitative estimate of drug-likeness (QED) is 0.206. The van der Waals surface area contributed by atoms with Crippen LogP contribution in [0.25, 0.3) is 22.3 Å². The summed E-state index contributed by atoms with van der Waals surface area (Å²) in [6.45, 7) is 0.518. The number of para-hydroxylation sites is 1. The lowest BCUT2D eigenvalue weighted by molar-refractivity contribution is 0.355. The smallest absolute Gasteiger partial charge is 0.262 e. The SMILES string of the molecule is COc1ccc(-c2noc(CSc3nc4ccccc4c(=O)n3CCc3ccccc3)n2)cc1OC. The molecule has 0 amide bonds. The lowest BCUT2D eigenvalue weighted by atomic mass is 10.1. The highest BCUT2D eigenvalue weighted by Gasteiger charge is 2.16. The van der Waals surface area contributed by atoms with Gasteiger partial charge in [-0.25, -0.2) is 4.98 Å². The van der Waals surface area contributed by atoms with E-state index in [1.54, 1.807) is 30.9 Å². The number of hydrogen-bond acceptors (Lipinski definition) is 8. The fourth-order valence-corrected chi connectivity index (χ4v) is 4.74. The molecular weight excluding hydrogens is 476 g/mol. The first kappa shape index (κ1) is 23.6. The molecule has 0 N–H and O–H groups in total. The molecule has 36 heavy (non-hydrogen) atoms. The maximum atomic E-state index is 13.3. The van der Waals surface area contributed by atoms with Crippen LogP contribution in [0, 0.1) is 0 Å². The van der Waals surface area contributed by atoms with Crippen molar-refractivity contribution in [1.82, 2.24) is 19.7 Å². The van der Waals surface area contributed by atoms with Gasteiger partial charge in [0.1, 0.15) is 0 Å². The number of benzene rings is 3. The van der Waals surface area contributed by atoms with Crippen LogP contribution in [0.1, 0.15) is 11.5 Å². The number of thioether (sulfide) groups is 1. The molecule has 5 rings (SSSR count). The van der Waals surface area contributed by atoms with Gasteiger partial charge in [-0.3, -0.25) is 9.36 Å². The molecule has 0 bridgehead atoms. The summed E-state index contributed by atoms with van der Waals surface area (Å²) in [4.78, 5) is 22.6. The Morgan fingerprint density at radius 1 is 0.917 bits per heavy atom. The van der Waals surface area contributed by atoms with Crippen molar-refractivity contribution in [1.29, 1.82) is 0 Å². The van der Waals surface area contributed by atoms with Gasteiger partial charge in [-0.1, -0.05) is 59.4 Å². The average Bonchev–Trinajstić information content (AvgIpc) is 3.41. The molecule has 0 aliphatic rings. The van der Waals surface area contributed by atoms with Crippen LogP contribution >= 0.6 is 11.8 Å². The zero-order valence-corrected chi connectivity index (χ0v) is 20.7. The lowest BCUT2D eigenvalue weighted by Crippen LogP contribution is -2.24. The number of ether oxygens (including phenoxy) is 2. The highest BCUT2D eigenvalue weighted by atomic mass is 32.2. The molecule has 0 saturated heterocycles. The molecular formula is C27H24N4O4S.